The molecule has 0 saturated heterocycles. The first kappa shape index (κ1) is 21.6. The van der Waals surface area contributed by atoms with Crippen LogP contribution in [-0.2, 0) is 6.54 Å². The van der Waals surface area contributed by atoms with Gasteiger partial charge in [-0.15, -0.1) is 13.2 Å². The fraction of sp³-hybridized carbons (Fsp3) is 0.474. The van der Waals surface area contributed by atoms with Gasteiger partial charge < -0.3 is 21.1 Å². The molecule has 1 aromatic heterocycles. The van der Waals surface area contributed by atoms with Crippen molar-refractivity contribution in [3.05, 3.63) is 40.5 Å². The molecule has 0 unspecified atom stereocenters. The summed E-state index contributed by atoms with van der Waals surface area (Å²) in [5, 5.41) is 6.28. The molecule has 1 aliphatic carbocycles. The summed E-state index contributed by atoms with van der Waals surface area (Å²) in [5.74, 6) is 1.23. The van der Waals surface area contributed by atoms with Crippen LogP contribution < -0.4 is 21.1 Å². The smallest absolute Gasteiger partial charge is 0.405 e. The number of hydrogen-bond donors (Lipinski definition) is 3. The van der Waals surface area contributed by atoms with Crippen molar-refractivity contribution in [3.8, 4) is 5.75 Å². The molecule has 0 atom stereocenters. The highest BCUT2D eigenvalue weighted by atomic mass is 79.9. The third-order valence-electron chi connectivity index (χ3n) is 4.83. The molecule has 0 bridgehead atoms. The normalized spacial score (nSPS) is 19.6. The van der Waals surface area contributed by atoms with Crippen molar-refractivity contribution < 1.29 is 17.9 Å². The lowest BCUT2D eigenvalue weighted by atomic mass is 9.86. The zero-order valence-corrected chi connectivity index (χ0v) is 17.3. The van der Waals surface area contributed by atoms with E-state index in [4.69, 9.17) is 5.73 Å². The largest absolute Gasteiger partial charge is 0.573 e. The predicted molar refractivity (Wildman–Crippen MR) is 109 cm³/mol. The van der Waals surface area contributed by atoms with Crippen molar-refractivity contribution in [2.45, 2.75) is 44.6 Å². The maximum atomic E-state index is 12.6. The Labute approximate surface area is 175 Å². The summed E-state index contributed by atoms with van der Waals surface area (Å²) in [6.07, 6.45) is 1.08. The van der Waals surface area contributed by atoms with E-state index in [1.165, 1.54) is 12.1 Å². The summed E-state index contributed by atoms with van der Waals surface area (Å²) in [6, 6.07) is 6.26. The Kier molecular flexibility index (Phi) is 7.18. The fourth-order valence-corrected chi connectivity index (χ4v) is 3.59. The Bertz CT molecular complexity index is 813. The van der Waals surface area contributed by atoms with Gasteiger partial charge in [-0.1, -0.05) is 18.2 Å². The van der Waals surface area contributed by atoms with Gasteiger partial charge in [-0.25, -0.2) is 4.98 Å². The monoisotopic (exact) mass is 473 g/mol. The van der Waals surface area contributed by atoms with Gasteiger partial charge in [0.25, 0.3) is 0 Å². The lowest BCUT2D eigenvalue weighted by Gasteiger charge is -2.26. The molecule has 3 rings (SSSR count). The summed E-state index contributed by atoms with van der Waals surface area (Å²) in [4.78, 5) is 8.60. The maximum absolute atomic E-state index is 12.6. The van der Waals surface area contributed by atoms with Crippen molar-refractivity contribution in [2.24, 2.45) is 11.7 Å². The number of aromatic nitrogens is 2. The van der Waals surface area contributed by atoms with Crippen LogP contribution in [0.5, 0.6) is 5.75 Å². The first-order chi connectivity index (χ1) is 13.8. The number of ether oxygens (including phenoxy) is 1. The van der Waals surface area contributed by atoms with Crippen molar-refractivity contribution in [3.63, 3.8) is 0 Å². The predicted octanol–water partition coefficient (Wildman–Crippen LogP) is 4.68. The van der Waals surface area contributed by atoms with Crippen molar-refractivity contribution in [1.29, 1.82) is 0 Å². The summed E-state index contributed by atoms with van der Waals surface area (Å²) in [5.41, 5.74) is 6.30. The number of rotatable bonds is 7. The Morgan fingerprint density at radius 3 is 2.59 bits per heavy atom. The van der Waals surface area contributed by atoms with Gasteiger partial charge in [-0.3, -0.25) is 0 Å². The van der Waals surface area contributed by atoms with E-state index in [1.807, 2.05) is 0 Å². The second-order valence-corrected chi connectivity index (χ2v) is 7.92. The number of para-hydroxylation sites is 1. The summed E-state index contributed by atoms with van der Waals surface area (Å²) in [6.45, 7) is 0.873. The maximum Gasteiger partial charge on any atom is 0.573 e. The van der Waals surface area contributed by atoms with Crippen LogP contribution in [0.25, 0.3) is 0 Å². The molecular weight excluding hydrogens is 451 g/mol. The van der Waals surface area contributed by atoms with E-state index in [1.54, 1.807) is 18.3 Å². The van der Waals surface area contributed by atoms with Crippen LogP contribution in [0.4, 0.5) is 24.9 Å². The molecule has 6 nitrogen and oxygen atoms in total. The molecule has 0 amide bonds. The molecule has 0 radical (unpaired) electrons. The number of nitrogens with two attached hydrogens (primary N) is 1. The van der Waals surface area contributed by atoms with E-state index in [-0.39, 0.29) is 12.3 Å². The average Bonchev–Trinajstić information content (AvgIpc) is 2.67. The minimum Gasteiger partial charge on any atom is -0.405 e. The number of alkyl halides is 3. The van der Waals surface area contributed by atoms with Gasteiger partial charge in [0.15, 0.2) is 0 Å². The van der Waals surface area contributed by atoms with Crippen molar-refractivity contribution >= 4 is 27.7 Å². The topological polar surface area (TPSA) is 85.1 Å². The Morgan fingerprint density at radius 2 is 1.86 bits per heavy atom. The summed E-state index contributed by atoms with van der Waals surface area (Å²) >= 11 is 3.43. The number of benzene rings is 1. The zero-order chi connectivity index (χ0) is 20.9. The standard InChI is InChI=1S/C19H23BrF3N5O/c20-15-11-27-18(28-17(15)25-9-12-5-7-14(24)8-6-12)26-10-13-3-1-2-4-16(13)29-19(21,22)23/h1-4,11-12,14H,5-10,24H2,(H2,25,26,27,28)/t12-,14-. The highest BCUT2D eigenvalue weighted by Crippen LogP contribution is 2.28. The molecule has 29 heavy (non-hydrogen) atoms. The molecule has 1 heterocycles. The van der Waals surface area contributed by atoms with E-state index in [9.17, 15) is 13.2 Å². The van der Waals surface area contributed by atoms with E-state index in [2.05, 4.69) is 41.3 Å². The van der Waals surface area contributed by atoms with Crippen LogP contribution in [0, 0.1) is 5.92 Å². The highest BCUT2D eigenvalue weighted by Gasteiger charge is 2.32. The third-order valence-corrected chi connectivity index (χ3v) is 5.41. The van der Waals surface area contributed by atoms with Crippen LogP contribution in [-0.4, -0.2) is 28.9 Å². The van der Waals surface area contributed by atoms with Gasteiger partial charge in [0.2, 0.25) is 5.95 Å². The van der Waals surface area contributed by atoms with Crippen LogP contribution in [0.2, 0.25) is 0 Å². The van der Waals surface area contributed by atoms with Gasteiger partial charge in [0.05, 0.1) is 4.47 Å². The molecular formula is C19H23BrF3N5O. The second-order valence-electron chi connectivity index (χ2n) is 7.06. The van der Waals surface area contributed by atoms with Gasteiger partial charge >= 0.3 is 6.36 Å². The third kappa shape index (κ3) is 6.74. The van der Waals surface area contributed by atoms with Crippen LogP contribution in [0.1, 0.15) is 31.2 Å². The van der Waals surface area contributed by atoms with Gasteiger partial charge in [0, 0.05) is 30.9 Å². The van der Waals surface area contributed by atoms with Gasteiger partial charge in [-0.2, -0.15) is 4.98 Å². The van der Waals surface area contributed by atoms with Crippen molar-refractivity contribution in [1.82, 2.24) is 9.97 Å². The van der Waals surface area contributed by atoms with Crippen LogP contribution >= 0.6 is 15.9 Å². The Hall–Kier alpha value is -2.07. The number of anilines is 2. The van der Waals surface area contributed by atoms with Crippen LogP contribution in [0.3, 0.4) is 0 Å². The van der Waals surface area contributed by atoms with E-state index in [0.29, 0.717) is 29.3 Å². The highest BCUT2D eigenvalue weighted by molar-refractivity contribution is 9.10. The minimum atomic E-state index is -4.75. The average molecular weight is 474 g/mol. The molecule has 10 heteroatoms. The molecule has 158 valence electrons. The molecule has 0 aliphatic heterocycles. The minimum absolute atomic E-state index is 0.0911. The number of hydrogen-bond acceptors (Lipinski definition) is 6. The quantitative estimate of drug-likeness (QED) is 0.541. The van der Waals surface area contributed by atoms with E-state index < -0.39 is 6.36 Å². The SMILES string of the molecule is N[C@H]1CC[C@H](CNc2nc(NCc3ccccc3OC(F)(F)F)ncc2Br)CC1. The lowest BCUT2D eigenvalue weighted by Crippen LogP contribution is -2.29. The summed E-state index contributed by atoms with van der Waals surface area (Å²) < 4.78 is 42.4. The van der Waals surface area contributed by atoms with E-state index in [0.717, 1.165) is 36.7 Å². The zero-order valence-electron chi connectivity index (χ0n) is 15.7. The Morgan fingerprint density at radius 1 is 1.14 bits per heavy atom. The molecule has 1 fully saturated rings. The fourth-order valence-electron chi connectivity index (χ4n) is 3.26. The molecule has 0 spiro atoms. The first-order valence-corrected chi connectivity index (χ1v) is 10.2. The first-order valence-electron chi connectivity index (χ1n) is 9.39. The van der Waals surface area contributed by atoms with Gasteiger partial charge in [-0.05, 0) is 53.6 Å². The Balaban J connectivity index is 1.60. The molecule has 1 aromatic carbocycles. The number of nitrogens with one attached hydrogen (secondary N) is 2. The lowest BCUT2D eigenvalue weighted by molar-refractivity contribution is -0.274. The van der Waals surface area contributed by atoms with Crippen LogP contribution in [0.15, 0.2) is 34.9 Å². The molecule has 1 aliphatic rings. The van der Waals surface area contributed by atoms with Gasteiger partial charge in [0.1, 0.15) is 11.6 Å². The summed E-state index contributed by atoms with van der Waals surface area (Å²) in [7, 11) is 0. The molecule has 1 saturated carbocycles. The molecule has 2 aromatic rings. The van der Waals surface area contributed by atoms with E-state index >= 15 is 0 Å². The number of nitrogens with zero attached hydrogens (tertiary/aromatic N) is 2. The number of halogens is 4. The molecule has 4 N–H and O–H groups in total. The van der Waals surface area contributed by atoms with Crippen molar-refractivity contribution in [2.75, 3.05) is 17.2 Å². The second kappa shape index (κ2) is 9.62.